The molecule has 1 fully saturated rings. The lowest BCUT2D eigenvalue weighted by Crippen LogP contribution is -2.48. The van der Waals surface area contributed by atoms with Crippen LogP contribution in [0.25, 0.3) is 0 Å². The maximum absolute atomic E-state index is 13.7. The van der Waals surface area contributed by atoms with Gasteiger partial charge in [-0.3, -0.25) is 0 Å². The van der Waals surface area contributed by atoms with Gasteiger partial charge in [0.15, 0.2) is 0 Å². The molecule has 1 saturated heterocycles. The highest BCUT2D eigenvalue weighted by molar-refractivity contribution is 7.91. The van der Waals surface area contributed by atoms with Gasteiger partial charge >= 0.3 is 0 Å². The molecule has 0 aliphatic carbocycles. The summed E-state index contributed by atoms with van der Waals surface area (Å²) in [7, 11) is 0. The monoisotopic (exact) mass is 416 g/mol. The van der Waals surface area contributed by atoms with Crippen molar-refractivity contribution in [3.63, 3.8) is 0 Å². The number of ether oxygens (including phenoxy) is 1. The highest BCUT2D eigenvalue weighted by atomic mass is 35.5. The normalized spacial score (nSPS) is 24.4. The van der Waals surface area contributed by atoms with Crippen LogP contribution < -0.4 is 4.74 Å². The molecule has 3 rings (SSSR count). The molecule has 6 nitrogen and oxygen atoms in total. The van der Waals surface area contributed by atoms with Crippen LogP contribution >= 0.6 is 22.9 Å². The molecule has 3 atom stereocenters. The minimum Gasteiger partial charge on any atom is -0.592 e. The number of hydrogen-bond donors (Lipinski definition) is 2. The van der Waals surface area contributed by atoms with Crippen LogP contribution in [0.2, 0.25) is 4.34 Å². The summed E-state index contributed by atoms with van der Waals surface area (Å²) in [5.74, 6) is -0.644. The first kappa shape index (κ1) is 19.4. The van der Waals surface area contributed by atoms with Crippen molar-refractivity contribution in [3.05, 3.63) is 46.0 Å². The van der Waals surface area contributed by atoms with Gasteiger partial charge in [0.2, 0.25) is 4.21 Å². The van der Waals surface area contributed by atoms with Crippen LogP contribution in [-0.2, 0) is 11.4 Å². The molecular formula is C16H14ClFN2O4S2. The zero-order valence-corrected chi connectivity index (χ0v) is 15.7. The Balaban J connectivity index is 1.78. The van der Waals surface area contributed by atoms with E-state index in [4.69, 9.17) is 21.6 Å². The van der Waals surface area contributed by atoms with Gasteiger partial charge in [0.25, 0.3) is 0 Å². The van der Waals surface area contributed by atoms with Crippen molar-refractivity contribution in [2.24, 2.45) is 0 Å². The second-order valence-corrected chi connectivity index (χ2v) is 9.18. The maximum atomic E-state index is 13.7. The highest BCUT2D eigenvalue weighted by Crippen LogP contribution is 2.34. The minimum absolute atomic E-state index is 0.0564. The molecule has 2 N–H and O–H groups in total. The number of hydrogen-bond acceptors (Lipinski definition) is 7. The first-order valence-corrected chi connectivity index (χ1v) is 9.78. The van der Waals surface area contributed by atoms with Crippen molar-refractivity contribution < 1.29 is 23.9 Å². The van der Waals surface area contributed by atoms with Crippen LogP contribution in [0.5, 0.6) is 5.75 Å². The van der Waals surface area contributed by atoms with Gasteiger partial charge in [-0.1, -0.05) is 22.9 Å². The Hall–Kier alpha value is -1.38. The van der Waals surface area contributed by atoms with Gasteiger partial charge in [0.1, 0.15) is 29.3 Å². The lowest BCUT2D eigenvalue weighted by Gasteiger charge is -2.26. The van der Waals surface area contributed by atoms with Crippen LogP contribution in [0.4, 0.5) is 4.39 Å². The van der Waals surface area contributed by atoms with Crippen LogP contribution in [0, 0.1) is 17.1 Å². The van der Waals surface area contributed by atoms with E-state index in [0.717, 1.165) is 17.4 Å². The fraction of sp³-hybridized carbons (Fsp3) is 0.312. The third kappa shape index (κ3) is 3.82. The van der Waals surface area contributed by atoms with E-state index in [0.29, 0.717) is 8.55 Å². The Labute approximate surface area is 161 Å². The zero-order chi connectivity index (χ0) is 18.9. The number of thiophene rings is 1. The molecule has 0 saturated carbocycles. The van der Waals surface area contributed by atoms with Gasteiger partial charge in [-0.15, -0.1) is 4.31 Å². The summed E-state index contributed by atoms with van der Waals surface area (Å²) in [4.78, 5) is 0. The van der Waals surface area contributed by atoms with E-state index in [1.807, 2.05) is 0 Å². The van der Waals surface area contributed by atoms with E-state index in [1.54, 1.807) is 18.2 Å². The van der Waals surface area contributed by atoms with Gasteiger partial charge in [0, 0.05) is 12.1 Å². The number of nitriles is 1. The Morgan fingerprint density at radius 3 is 2.85 bits per heavy atom. The number of aliphatic hydroxyl groups is 2. The first-order valence-electron chi connectivity index (χ1n) is 7.48. The lowest BCUT2D eigenvalue weighted by molar-refractivity contribution is -0.0641. The third-order valence-corrected chi connectivity index (χ3v) is 6.92. The molecule has 1 aromatic carbocycles. The fourth-order valence-electron chi connectivity index (χ4n) is 2.59. The summed E-state index contributed by atoms with van der Waals surface area (Å²) in [6.45, 7) is -0.648. The number of nitrogens with zero attached hydrogens (tertiary/aromatic N) is 2. The molecule has 0 spiro atoms. The Morgan fingerprint density at radius 2 is 2.27 bits per heavy atom. The van der Waals surface area contributed by atoms with Gasteiger partial charge in [-0.05, 0) is 18.2 Å². The number of rotatable bonds is 5. The summed E-state index contributed by atoms with van der Waals surface area (Å²) in [5.41, 5.74) is -1.79. The molecule has 2 heterocycles. The van der Waals surface area contributed by atoms with E-state index < -0.39 is 35.5 Å². The molecule has 2 aromatic rings. The molecule has 1 aliphatic heterocycles. The molecule has 0 radical (unpaired) electrons. The number of β-amino-alcohol motifs (C(OH)–C–C–N with tert-alkyl or cyclic N) is 1. The Kier molecular flexibility index (Phi) is 5.74. The smallest absolute Gasteiger partial charge is 0.229 e. The van der Waals surface area contributed by atoms with Crippen molar-refractivity contribution >= 4 is 34.3 Å². The molecule has 10 heteroatoms. The van der Waals surface area contributed by atoms with E-state index in [2.05, 4.69) is 0 Å². The summed E-state index contributed by atoms with van der Waals surface area (Å²) >= 11 is 5.45. The summed E-state index contributed by atoms with van der Waals surface area (Å²) in [5, 5.41) is 29.0. The molecule has 1 aromatic heterocycles. The van der Waals surface area contributed by atoms with E-state index in [-0.39, 0.29) is 24.4 Å². The SMILES string of the molecule is N#Cc1ccc(O[C@H]2CN([S+]([O-])c3ccc(Cl)s3)CC2(O)CO)cc1F. The quantitative estimate of drug-likeness (QED) is 0.722. The number of aliphatic hydroxyl groups excluding tert-OH is 1. The molecule has 0 amide bonds. The van der Waals surface area contributed by atoms with Crippen LogP contribution in [-0.4, -0.2) is 50.5 Å². The molecule has 1 aliphatic rings. The molecule has 138 valence electrons. The highest BCUT2D eigenvalue weighted by Gasteiger charge is 2.51. The largest absolute Gasteiger partial charge is 0.592 e. The predicted molar refractivity (Wildman–Crippen MR) is 94.9 cm³/mol. The maximum Gasteiger partial charge on any atom is 0.229 e. The lowest BCUT2D eigenvalue weighted by atomic mass is 10.0. The average Bonchev–Trinajstić information content (AvgIpc) is 3.19. The molecule has 0 bridgehead atoms. The zero-order valence-electron chi connectivity index (χ0n) is 13.3. The van der Waals surface area contributed by atoms with Gasteiger partial charge < -0.3 is 19.5 Å². The van der Waals surface area contributed by atoms with E-state index in [1.165, 1.54) is 16.4 Å². The van der Waals surface area contributed by atoms with E-state index >= 15 is 0 Å². The third-order valence-electron chi connectivity index (χ3n) is 3.99. The van der Waals surface area contributed by atoms with Gasteiger partial charge in [-0.2, -0.15) is 5.26 Å². The van der Waals surface area contributed by atoms with E-state index in [9.17, 15) is 19.2 Å². The van der Waals surface area contributed by atoms with Crippen molar-refractivity contribution in [1.82, 2.24) is 4.31 Å². The summed E-state index contributed by atoms with van der Waals surface area (Å²) in [6, 6.07) is 8.67. The van der Waals surface area contributed by atoms with Crippen molar-refractivity contribution in [3.8, 4) is 11.8 Å². The fourth-order valence-corrected chi connectivity index (χ4v) is 5.43. The van der Waals surface area contributed by atoms with Gasteiger partial charge in [-0.25, -0.2) is 4.39 Å². The molecule has 2 unspecified atom stereocenters. The molecule has 26 heavy (non-hydrogen) atoms. The summed E-state index contributed by atoms with van der Waals surface area (Å²) in [6.07, 6.45) is -0.931. The van der Waals surface area contributed by atoms with Crippen molar-refractivity contribution in [1.29, 1.82) is 5.26 Å². The van der Waals surface area contributed by atoms with Gasteiger partial charge in [0.05, 0.1) is 41.0 Å². The van der Waals surface area contributed by atoms with Crippen molar-refractivity contribution in [2.45, 2.75) is 15.9 Å². The topological polar surface area (TPSA) is 99.8 Å². The van der Waals surface area contributed by atoms with Crippen LogP contribution in [0.15, 0.2) is 34.5 Å². The minimum atomic E-state index is -1.67. The van der Waals surface area contributed by atoms with Crippen LogP contribution in [0.1, 0.15) is 5.56 Å². The van der Waals surface area contributed by atoms with Crippen molar-refractivity contribution in [2.75, 3.05) is 19.7 Å². The van der Waals surface area contributed by atoms with Crippen LogP contribution in [0.3, 0.4) is 0 Å². The second kappa shape index (κ2) is 7.70. The number of halogens is 2. The Bertz CT molecular complexity index is 846. The molecular weight excluding hydrogens is 403 g/mol. The standard InChI is InChI=1S/C16H14ClFN2O4S2/c17-14-3-4-15(25-14)26(23)20-7-13(16(22,8-20)9-21)24-11-2-1-10(6-19)12(18)5-11/h1-5,13,21-22H,7-9H2/t13-,16?,26?/m0/s1. The summed E-state index contributed by atoms with van der Waals surface area (Å²) < 4.78 is 34.5. The first-order chi connectivity index (χ1) is 12.4. The second-order valence-electron chi connectivity index (χ2n) is 5.75. The average molecular weight is 417 g/mol. The number of benzene rings is 1. The predicted octanol–water partition coefficient (Wildman–Crippen LogP) is 1.92. The Morgan fingerprint density at radius 1 is 1.50 bits per heavy atom.